The highest BCUT2D eigenvalue weighted by Crippen LogP contribution is 2.28. The molecular formula is C22H26FN3O2S. The van der Waals surface area contributed by atoms with Crippen LogP contribution in [0.25, 0.3) is 0 Å². The van der Waals surface area contributed by atoms with E-state index in [0.717, 1.165) is 55.9 Å². The Balaban J connectivity index is 1.61. The molecule has 0 spiro atoms. The summed E-state index contributed by atoms with van der Waals surface area (Å²) in [4.78, 5) is 28.8. The number of halogens is 1. The molecule has 1 fully saturated rings. The summed E-state index contributed by atoms with van der Waals surface area (Å²) in [6.45, 7) is 8.46. The molecule has 0 unspecified atom stereocenters. The summed E-state index contributed by atoms with van der Waals surface area (Å²) in [5.74, 6) is -0.766. The molecule has 3 rings (SSSR count). The van der Waals surface area contributed by atoms with Crippen LogP contribution in [0.3, 0.4) is 0 Å². The summed E-state index contributed by atoms with van der Waals surface area (Å²) in [5, 5.41) is 2.96. The molecule has 1 aliphatic heterocycles. The Morgan fingerprint density at radius 3 is 2.48 bits per heavy atom. The zero-order valence-electron chi connectivity index (χ0n) is 16.8. The van der Waals surface area contributed by atoms with Gasteiger partial charge in [0, 0.05) is 36.6 Å². The van der Waals surface area contributed by atoms with Crippen molar-refractivity contribution in [1.29, 1.82) is 0 Å². The molecule has 1 N–H and O–H groups in total. The lowest BCUT2D eigenvalue weighted by Crippen LogP contribution is -2.46. The molecule has 1 heterocycles. The average molecular weight is 416 g/mol. The standard InChI is InChI=1S/C22H26FN3O2S/c1-3-25-10-12-26(13-11-25)20-7-5-4-6-19(20)24-22(28)15-29-21-9-8-17(16(2)27)14-18(21)23/h4-9,14H,3,10-13,15H2,1-2H3,(H,24,28). The number of Topliss-reactive ketones (excluding diaryl/α,β-unsaturated/α-hetero) is 1. The number of benzene rings is 2. The number of amides is 1. The van der Waals surface area contributed by atoms with Crippen LogP contribution in [-0.2, 0) is 4.79 Å². The van der Waals surface area contributed by atoms with Crippen molar-refractivity contribution in [2.45, 2.75) is 18.7 Å². The van der Waals surface area contributed by atoms with E-state index < -0.39 is 5.82 Å². The molecule has 2 aromatic rings. The van der Waals surface area contributed by atoms with Gasteiger partial charge < -0.3 is 15.1 Å². The fourth-order valence-corrected chi connectivity index (χ4v) is 4.05. The topological polar surface area (TPSA) is 52.6 Å². The average Bonchev–Trinajstić information content (AvgIpc) is 2.73. The van der Waals surface area contributed by atoms with Gasteiger partial charge in [-0.05, 0) is 37.7 Å². The van der Waals surface area contributed by atoms with Gasteiger partial charge in [-0.15, -0.1) is 11.8 Å². The van der Waals surface area contributed by atoms with E-state index in [1.165, 1.54) is 13.0 Å². The van der Waals surface area contributed by atoms with Gasteiger partial charge in [0.15, 0.2) is 5.78 Å². The number of nitrogens with zero attached hydrogens (tertiary/aromatic N) is 2. The second-order valence-electron chi connectivity index (χ2n) is 6.98. The molecule has 1 amide bonds. The first-order valence-electron chi connectivity index (χ1n) is 9.77. The maximum absolute atomic E-state index is 14.1. The fourth-order valence-electron chi connectivity index (χ4n) is 3.33. The number of piperazine rings is 1. The molecule has 2 aromatic carbocycles. The number of thioether (sulfide) groups is 1. The van der Waals surface area contributed by atoms with E-state index in [2.05, 4.69) is 22.0 Å². The Morgan fingerprint density at radius 2 is 1.83 bits per heavy atom. The molecule has 0 aliphatic carbocycles. The van der Waals surface area contributed by atoms with Gasteiger partial charge in [0.25, 0.3) is 0 Å². The quantitative estimate of drug-likeness (QED) is 0.549. The third kappa shape index (κ3) is 5.58. The van der Waals surface area contributed by atoms with E-state index >= 15 is 0 Å². The number of carbonyl (C=O) groups excluding carboxylic acids is 2. The highest BCUT2D eigenvalue weighted by atomic mass is 32.2. The van der Waals surface area contributed by atoms with E-state index in [9.17, 15) is 14.0 Å². The third-order valence-electron chi connectivity index (χ3n) is 5.04. The molecule has 0 bridgehead atoms. The van der Waals surface area contributed by atoms with Crippen LogP contribution in [0.5, 0.6) is 0 Å². The van der Waals surface area contributed by atoms with Crippen molar-refractivity contribution in [1.82, 2.24) is 4.90 Å². The number of nitrogens with one attached hydrogen (secondary N) is 1. The Bertz CT molecular complexity index is 882. The summed E-state index contributed by atoms with van der Waals surface area (Å²) in [6.07, 6.45) is 0. The van der Waals surface area contributed by atoms with Gasteiger partial charge in [0.05, 0.1) is 17.1 Å². The minimum Gasteiger partial charge on any atom is -0.367 e. The zero-order chi connectivity index (χ0) is 20.8. The van der Waals surface area contributed by atoms with Gasteiger partial charge in [0.2, 0.25) is 5.91 Å². The number of ketones is 1. The zero-order valence-corrected chi connectivity index (χ0v) is 17.6. The lowest BCUT2D eigenvalue weighted by molar-refractivity contribution is -0.113. The van der Waals surface area contributed by atoms with Crippen molar-refractivity contribution in [2.75, 3.05) is 48.7 Å². The molecule has 1 saturated heterocycles. The largest absolute Gasteiger partial charge is 0.367 e. The Labute approximate surface area is 175 Å². The smallest absolute Gasteiger partial charge is 0.234 e. The minimum absolute atomic E-state index is 0.0916. The van der Waals surface area contributed by atoms with Crippen LogP contribution in [0, 0.1) is 5.82 Å². The highest BCUT2D eigenvalue weighted by Gasteiger charge is 2.19. The first kappa shape index (κ1) is 21.3. The summed E-state index contributed by atoms with van der Waals surface area (Å²) in [6, 6.07) is 12.1. The van der Waals surface area contributed by atoms with Crippen LogP contribution in [0.15, 0.2) is 47.4 Å². The van der Waals surface area contributed by atoms with Crippen molar-refractivity contribution in [3.05, 3.63) is 53.8 Å². The first-order chi connectivity index (χ1) is 14.0. The van der Waals surface area contributed by atoms with Crippen molar-refractivity contribution >= 4 is 34.8 Å². The number of rotatable bonds is 7. The summed E-state index contributed by atoms with van der Waals surface area (Å²) in [7, 11) is 0. The van der Waals surface area contributed by atoms with Gasteiger partial charge in [0.1, 0.15) is 5.82 Å². The van der Waals surface area contributed by atoms with Gasteiger partial charge in [-0.1, -0.05) is 25.1 Å². The van der Waals surface area contributed by atoms with Crippen molar-refractivity contribution in [3.8, 4) is 0 Å². The lowest BCUT2D eigenvalue weighted by Gasteiger charge is -2.36. The van der Waals surface area contributed by atoms with Crippen LogP contribution < -0.4 is 10.2 Å². The summed E-state index contributed by atoms with van der Waals surface area (Å²) in [5.41, 5.74) is 2.11. The Morgan fingerprint density at radius 1 is 1.10 bits per heavy atom. The number of likely N-dealkylation sites (N-methyl/N-ethyl adjacent to an activating group) is 1. The number of carbonyl (C=O) groups is 2. The molecule has 154 valence electrons. The van der Waals surface area contributed by atoms with Gasteiger partial charge in [-0.25, -0.2) is 4.39 Å². The number of hydrogen-bond acceptors (Lipinski definition) is 5. The number of hydrogen-bond donors (Lipinski definition) is 1. The molecule has 0 radical (unpaired) electrons. The van der Waals surface area contributed by atoms with Crippen LogP contribution in [-0.4, -0.2) is 55.1 Å². The van der Waals surface area contributed by atoms with Crippen LogP contribution in [0.4, 0.5) is 15.8 Å². The Kier molecular flexibility index (Phi) is 7.28. The van der Waals surface area contributed by atoms with E-state index in [0.29, 0.717) is 10.5 Å². The third-order valence-corrected chi connectivity index (χ3v) is 6.08. The second-order valence-corrected chi connectivity index (χ2v) is 7.99. The first-order valence-corrected chi connectivity index (χ1v) is 10.8. The van der Waals surface area contributed by atoms with Crippen LogP contribution >= 0.6 is 11.8 Å². The number of para-hydroxylation sites is 2. The van der Waals surface area contributed by atoms with Gasteiger partial charge >= 0.3 is 0 Å². The van der Waals surface area contributed by atoms with E-state index in [1.54, 1.807) is 12.1 Å². The van der Waals surface area contributed by atoms with E-state index in [1.807, 2.05) is 24.3 Å². The molecule has 29 heavy (non-hydrogen) atoms. The number of anilines is 2. The van der Waals surface area contributed by atoms with Crippen molar-refractivity contribution in [2.24, 2.45) is 0 Å². The molecule has 5 nitrogen and oxygen atoms in total. The molecule has 0 atom stereocenters. The van der Waals surface area contributed by atoms with Crippen LogP contribution in [0.1, 0.15) is 24.2 Å². The Hall–Kier alpha value is -2.38. The van der Waals surface area contributed by atoms with E-state index in [-0.39, 0.29) is 17.4 Å². The molecule has 1 aliphatic rings. The highest BCUT2D eigenvalue weighted by molar-refractivity contribution is 8.00. The predicted octanol–water partition coefficient (Wildman–Crippen LogP) is 3.90. The summed E-state index contributed by atoms with van der Waals surface area (Å²) >= 11 is 1.12. The van der Waals surface area contributed by atoms with E-state index in [4.69, 9.17) is 0 Å². The molecule has 0 saturated carbocycles. The fraction of sp³-hybridized carbons (Fsp3) is 0.364. The maximum atomic E-state index is 14.1. The minimum atomic E-state index is -0.482. The van der Waals surface area contributed by atoms with Gasteiger partial charge in [-0.2, -0.15) is 0 Å². The van der Waals surface area contributed by atoms with Crippen molar-refractivity contribution in [3.63, 3.8) is 0 Å². The van der Waals surface area contributed by atoms with Gasteiger partial charge in [-0.3, -0.25) is 9.59 Å². The molecular weight excluding hydrogens is 389 g/mol. The van der Waals surface area contributed by atoms with Crippen molar-refractivity contribution < 1.29 is 14.0 Å². The summed E-state index contributed by atoms with van der Waals surface area (Å²) < 4.78 is 14.1. The predicted molar refractivity (Wildman–Crippen MR) is 117 cm³/mol. The van der Waals surface area contributed by atoms with Crippen LogP contribution in [0.2, 0.25) is 0 Å². The molecule has 7 heteroatoms. The molecule has 0 aromatic heterocycles. The second kappa shape index (κ2) is 9.89. The SMILES string of the molecule is CCN1CCN(c2ccccc2NC(=O)CSc2ccc(C(C)=O)cc2F)CC1. The monoisotopic (exact) mass is 415 g/mol. The normalized spacial score (nSPS) is 14.7. The lowest BCUT2D eigenvalue weighted by atomic mass is 10.1. The maximum Gasteiger partial charge on any atom is 0.234 e.